The van der Waals surface area contributed by atoms with E-state index >= 15 is 0 Å². The largest absolute Gasteiger partial charge is 0.481 e. The highest BCUT2D eigenvalue weighted by Gasteiger charge is 2.69. The molecule has 0 radical (unpaired) electrons. The summed E-state index contributed by atoms with van der Waals surface area (Å²) in [5.74, 6) is 1.72. The molecule has 0 aromatic carbocycles. The molecule has 0 aliphatic heterocycles. The van der Waals surface area contributed by atoms with Crippen molar-refractivity contribution in [2.24, 2.45) is 61.8 Å². The van der Waals surface area contributed by atoms with Gasteiger partial charge in [0, 0.05) is 5.41 Å². The Morgan fingerprint density at radius 2 is 1.68 bits per heavy atom. The lowest BCUT2D eigenvalue weighted by Gasteiger charge is -2.71. The van der Waals surface area contributed by atoms with Gasteiger partial charge in [-0.2, -0.15) is 0 Å². The molecule has 0 aromatic rings. The van der Waals surface area contributed by atoms with Gasteiger partial charge in [-0.05, 0) is 104 Å². The molecule has 0 aromatic heterocycles. The van der Waals surface area contributed by atoms with Gasteiger partial charge in [0.25, 0.3) is 0 Å². The summed E-state index contributed by atoms with van der Waals surface area (Å²) in [6, 6.07) is 0. The highest BCUT2D eigenvalue weighted by Crippen LogP contribution is 2.75. The van der Waals surface area contributed by atoms with Crippen molar-refractivity contribution in [1.82, 2.24) is 0 Å². The molecule has 5 rings (SSSR count). The van der Waals surface area contributed by atoms with Crippen molar-refractivity contribution in [2.45, 2.75) is 106 Å². The van der Waals surface area contributed by atoms with E-state index in [9.17, 15) is 15.1 Å². The molecule has 0 bridgehead atoms. The number of allylic oxidation sites excluding steroid dienone is 2. The van der Waals surface area contributed by atoms with E-state index < -0.39 is 11.4 Å². The molecule has 2 N–H and O–H groups in total. The molecule has 4 heteroatoms. The Bertz CT molecular complexity index is 951. The van der Waals surface area contributed by atoms with Gasteiger partial charge in [0.1, 0.15) is 0 Å². The van der Waals surface area contributed by atoms with Gasteiger partial charge in [0.15, 0.2) is 0 Å². The van der Waals surface area contributed by atoms with Gasteiger partial charge in [0.05, 0.1) is 11.1 Å². The summed E-state index contributed by atoms with van der Waals surface area (Å²) < 4.78 is 0. The van der Waals surface area contributed by atoms with Crippen LogP contribution in [0.4, 0.5) is 0 Å². The van der Waals surface area contributed by atoms with Crippen molar-refractivity contribution in [1.29, 1.82) is 0 Å². The van der Waals surface area contributed by atoms with Crippen LogP contribution in [0.1, 0.15) is 106 Å². The number of oxime groups is 1. The second kappa shape index (κ2) is 7.35. The molecule has 5 aliphatic rings. The van der Waals surface area contributed by atoms with Crippen LogP contribution in [-0.2, 0) is 4.79 Å². The summed E-state index contributed by atoms with van der Waals surface area (Å²) in [5, 5.41) is 24.0. The Morgan fingerprint density at radius 3 is 2.32 bits per heavy atom. The van der Waals surface area contributed by atoms with Crippen molar-refractivity contribution in [2.75, 3.05) is 0 Å². The topological polar surface area (TPSA) is 69.9 Å². The van der Waals surface area contributed by atoms with Gasteiger partial charge in [-0.3, -0.25) is 4.79 Å². The standard InChI is InChI=1S/C30H47NO3/c1-18-10-15-30(25(32)33)17-16-28(6)20(24(30)19(18)2)8-9-22-27(5)13-12-23(31-34)26(3,4)21(27)11-14-29(22,28)7/h8,18-19,21-22,24,34H,9-17H2,1-7H3,(H,32,33)/b31-23+/t18-,19+,21+,22-,24+,27+,28-,29-,30+/m1/s1. The van der Waals surface area contributed by atoms with Gasteiger partial charge < -0.3 is 10.3 Å². The minimum absolute atomic E-state index is 0.0638. The molecular formula is C30H47NO3. The summed E-state index contributed by atoms with van der Waals surface area (Å²) >= 11 is 0. The molecule has 4 nitrogen and oxygen atoms in total. The highest BCUT2D eigenvalue weighted by atomic mass is 16.4. The minimum Gasteiger partial charge on any atom is -0.481 e. The van der Waals surface area contributed by atoms with E-state index in [1.807, 2.05) is 0 Å². The molecule has 0 saturated heterocycles. The van der Waals surface area contributed by atoms with Crippen molar-refractivity contribution < 1.29 is 15.1 Å². The van der Waals surface area contributed by atoms with Crippen LogP contribution in [0.2, 0.25) is 0 Å². The zero-order valence-electron chi connectivity index (χ0n) is 22.6. The second-order valence-electron chi connectivity index (χ2n) is 14.4. The van der Waals surface area contributed by atoms with Gasteiger partial charge in [0.2, 0.25) is 0 Å². The summed E-state index contributed by atoms with van der Waals surface area (Å²) in [4.78, 5) is 12.8. The molecule has 0 heterocycles. The molecule has 34 heavy (non-hydrogen) atoms. The predicted octanol–water partition coefficient (Wildman–Crippen LogP) is 7.56. The van der Waals surface area contributed by atoms with E-state index in [2.05, 4.69) is 59.7 Å². The first kappa shape index (κ1) is 24.4. The second-order valence-corrected chi connectivity index (χ2v) is 14.4. The fourth-order valence-electron chi connectivity index (χ4n) is 10.8. The predicted molar refractivity (Wildman–Crippen MR) is 136 cm³/mol. The summed E-state index contributed by atoms with van der Waals surface area (Å²) in [5.41, 5.74) is 2.29. The van der Waals surface area contributed by atoms with Crippen molar-refractivity contribution >= 4 is 11.7 Å². The van der Waals surface area contributed by atoms with E-state index in [1.165, 1.54) is 18.4 Å². The average Bonchev–Trinajstić information content (AvgIpc) is 2.76. The highest BCUT2D eigenvalue weighted by molar-refractivity contribution is 5.90. The summed E-state index contributed by atoms with van der Waals surface area (Å²) in [6.07, 6.45) is 11.7. The van der Waals surface area contributed by atoms with E-state index in [0.717, 1.165) is 50.7 Å². The van der Waals surface area contributed by atoms with Gasteiger partial charge in [-0.25, -0.2) is 0 Å². The molecule has 190 valence electrons. The average molecular weight is 470 g/mol. The van der Waals surface area contributed by atoms with Crippen molar-refractivity contribution in [3.63, 3.8) is 0 Å². The Hall–Kier alpha value is -1.32. The van der Waals surface area contributed by atoms with Crippen LogP contribution in [0.15, 0.2) is 16.8 Å². The maximum atomic E-state index is 12.8. The first-order valence-electron chi connectivity index (χ1n) is 13.9. The van der Waals surface area contributed by atoms with Gasteiger partial charge in [-0.15, -0.1) is 0 Å². The number of fused-ring (bicyclic) bond motifs is 7. The van der Waals surface area contributed by atoms with Crippen LogP contribution >= 0.6 is 0 Å². The van der Waals surface area contributed by atoms with Gasteiger partial charge in [-0.1, -0.05) is 65.3 Å². The number of rotatable bonds is 1. The Balaban J connectivity index is 1.61. The Morgan fingerprint density at radius 1 is 0.971 bits per heavy atom. The molecule has 0 spiro atoms. The summed E-state index contributed by atoms with van der Waals surface area (Å²) in [6.45, 7) is 16.9. The van der Waals surface area contributed by atoms with Crippen molar-refractivity contribution in [3.05, 3.63) is 11.6 Å². The Kier molecular flexibility index (Phi) is 5.27. The van der Waals surface area contributed by atoms with Crippen LogP contribution in [0.3, 0.4) is 0 Å². The van der Waals surface area contributed by atoms with Crippen LogP contribution in [0.25, 0.3) is 0 Å². The number of carbonyl (C=O) groups is 1. The molecule has 4 fully saturated rings. The number of hydrogen-bond donors (Lipinski definition) is 2. The number of aliphatic carboxylic acids is 1. The smallest absolute Gasteiger partial charge is 0.310 e. The monoisotopic (exact) mass is 469 g/mol. The molecule has 9 atom stereocenters. The molecule has 4 saturated carbocycles. The zero-order chi connectivity index (χ0) is 24.9. The van der Waals surface area contributed by atoms with Crippen LogP contribution in [-0.4, -0.2) is 22.0 Å². The fraction of sp³-hybridized carbons (Fsp3) is 0.867. The molecule has 0 unspecified atom stereocenters. The number of hydrogen-bond acceptors (Lipinski definition) is 3. The minimum atomic E-state index is -0.569. The molecule has 0 amide bonds. The first-order valence-corrected chi connectivity index (χ1v) is 13.9. The van der Waals surface area contributed by atoms with Crippen molar-refractivity contribution in [3.8, 4) is 0 Å². The Labute approximate surface area is 206 Å². The first-order chi connectivity index (χ1) is 15.8. The summed E-state index contributed by atoms with van der Waals surface area (Å²) in [7, 11) is 0. The quantitative estimate of drug-likeness (QED) is 0.236. The molecular weight excluding hydrogens is 422 g/mol. The maximum Gasteiger partial charge on any atom is 0.310 e. The number of carboxylic acid groups (broad SMARTS) is 1. The van der Waals surface area contributed by atoms with E-state index in [0.29, 0.717) is 23.7 Å². The van der Waals surface area contributed by atoms with Crippen LogP contribution in [0.5, 0.6) is 0 Å². The third-order valence-electron chi connectivity index (χ3n) is 13.3. The lowest BCUT2D eigenvalue weighted by Crippen LogP contribution is -2.65. The third-order valence-corrected chi connectivity index (χ3v) is 13.3. The lowest BCUT2D eigenvalue weighted by molar-refractivity contribution is -0.181. The van der Waals surface area contributed by atoms with E-state index in [1.54, 1.807) is 0 Å². The third kappa shape index (κ3) is 2.72. The zero-order valence-corrected chi connectivity index (χ0v) is 22.6. The fourth-order valence-corrected chi connectivity index (χ4v) is 10.8. The van der Waals surface area contributed by atoms with E-state index in [4.69, 9.17) is 0 Å². The molecule has 5 aliphatic carbocycles. The lowest BCUT2D eigenvalue weighted by atomic mass is 9.33. The van der Waals surface area contributed by atoms with Crippen LogP contribution < -0.4 is 0 Å². The normalized spacial score (nSPS) is 53.1. The van der Waals surface area contributed by atoms with E-state index in [-0.39, 0.29) is 27.6 Å². The maximum absolute atomic E-state index is 12.8. The van der Waals surface area contributed by atoms with Gasteiger partial charge >= 0.3 is 5.97 Å². The SMILES string of the molecule is C[C@H]1[C@H](C)CC[C@]2(C(=O)O)CC[C@]3(C)C(=CC[C@@H]4[C@@]5(C)CC/C(=N\O)C(C)(C)[C@@H]5CC[C@]43C)[C@H]12. The number of carboxylic acids is 1. The number of nitrogens with zero attached hydrogens (tertiary/aromatic N) is 1. The van der Waals surface area contributed by atoms with Crippen LogP contribution in [0, 0.1) is 56.7 Å².